The maximum absolute atomic E-state index is 10.2. The molecule has 4 heteroatoms. The number of thiazole rings is 1. The Balaban J connectivity index is 2.51. The van der Waals surface area contributed by atoms with Crippen molar-refractivity contribution in [3.63, 3.8) is 0 Å². The highest BCUT2D eigenvalue weighted by Gasteiger charge is 1.99. The van der Waals surface area contributed by atoms with E-state index in [1.165, 1.54) is 11.3 Å². The standard InChI is InChI=1S/C7H9NO2S/c9-3-1-2-7-8-6(4-10)5-11-7/h4-5,9H,1-3H2. The minimum absolute atomic E-state index is 0.177. The summed E-state index contributed by atoms with van der Waals surface area (Å²) >= 11 is 1.46. The number of nitrogens with zero attached hydrogens (tertiary/aromatic N) is 1. The van der Waals surface area contributed by atoms with Gasteiger partial charge in [-0.3, -0.25) is 4.79 Å². The molecule has 0 atom stereocenters. The Morgan fingerprint density at radius 1 is 1.73 bits per heavy atom. The van der Waals surface area contributed by atoms with E-state index in [0.717, 1.165) is 17.7 Å². The Morgan fingerprint density at radius 3 is 3.09 bits per heavy atom. The molecular formula is C7H9NO2S. The summed E-state index contributed by atoms with van der Waals surface area (Å²) in [4.78, 5) is 14.2. The number of rotatable bonds is 4. The molecule has 0 aliphatic rings. The van der Waals surface area contributed by atoms with Crippen LogP contribution in [-0.2, 0) is 6.42 Å². The number of carbonyl (C=O) groups excluding carboxylic acids is 1. The van der Waals surface area contributed by atoms with Crippen molar-refractivity contribution in [2.24, 2.45) is 0 Å². The van der Waals surface area contributed by atoms with Crippen LogP contribution < -0.4 is 0 Å². The van der Waals surface area contributed by atoms with Crippen molar-refractivity contribution in [2.45, 2.75) is 12.8 Å². The minimum atomic E-state index is 0.177. The molecule has 1 aromatic rings. The summed E-state index contributed by atoms with van der Waals surface area (Å²) in [5, 5.41) is 11.1. The number of aldehydes is 1. The molecule has 0 amide bonds. The summed E-state index contributed by atoms with van der Waals surface area (Å²) in [5.41, 5.74) is 0.489. The molecule has 0 spiro atoms. The van der Waals surface area contributed by atoms with Crippen LogP contribution in [0.3, 0.4) is 0 Å². The lowest BCUT2D eigenvalue weighted by Crippen LogP contribution is -1.88. The van der Waals surface area contributed by atoms with Gasteiger partial charge in [-0.15, -0.1) is 11.3 Å². The molecule has 0 unspecified atom stereocenters. The zero-order valence-corrected chi connectivity index (χ0v) is 6.80. The van der Waals surface area contributed by atoms with Crippen LogP contribution in [0.15, 0.2) is 5.38 Å². The SMILES string of the molecule is O=Cc1csc(CCCO)n1. The largest absolute Gasteiger partial charge is 0.396 e. The Morgan fingerprint density at radius 2 is 2.55 bits per heavy atom. The molecule has 1 rings (SSSR count). The first-order chi connectivity index (χ1) is 5.36. The Bertz CT molecular complexity index is 234. The van der Waals surface area contributed by atoms with Gasteiger partial charge in [-0.2, -0.15) is 0 Å². The van der Waals surface area contributed by atoms with Crippen molar-refractivity contribution in [2.75, 3.05) is 6.61 Å². The molecule has 1 heterocycles. The van der Waals surface area contributed by atoms with Crippen LogP contribution in [0.2, 0.25) is 0 Å². The summed E-state index contributed by atoms with van der Waals surface area (Å²) in [7, 11) is 0. The van der Waals surface area contributed by atoms with E-state index in [1.807, 2.05) is 0 Å². The number of aliphatic hydroxyl groups is 1. The van der Waals surface area contributed by atoms with Gasteiger partial charge in [0.1, 0.15) is 5.69 Å². The molecule has 0 aliphatic carbocycles. The van der Waals surface area contributed by atoms with Gasteiger partial charge < -0.3 is 5.11 Å². The maximum atomic E-state index is 10.2. The van der Waals surface area contributed by atoms with Gasteiger partial charge in [-0.05, 0) is 6.42 Å². The highest BCUT2D eigenvalue weighted by molar-refractivity contribution is 7.09. The van der Waals surface area contributed by atoms with E-state index in [1.54, 1.807) is 5.38 Å². The van der Waals surface area contributed by atoms with Gasteiger partial charge in [-0.25, -0.2) is 4.98 Å². The van der Waals surface area contributed by atoms with Crippen LogP contribution >= 0.6 is 11.3 Å². The smallest absolute Gasteiger partial charge is 0.169 e. The quantitative estimate of drug-likeness (QED) is 0.684. The summed E-state index contributed by atoms with van der Waals surface area (Å²) in [5.74, 6) is 0. The van der Waals surface area contributed by atoms with Crippen molar-refractivity contribution in [1.82, 2.24) is 4.98 Å². The van der Waals surface area contributed by atoms with E-state index in [9.17, 15) is 4.79 Å². The summed E-state index contributed by atoms with van der Waals surface area (Å²) in [6.45, 7) is 0.177. The molecule has 11 heavy (non-hydrogen) atoms. The van der Waals surface area contributed by atoms with Crippen molar-refractivity contribution in [3.05, 3.63) is 16.1 Å². The second-order valence-corrected chi connectivity index (χ2v) is 3.05. The van der Waals surface area contributed by atoms with Gasteiger partial charge in [0, 0.05) is 18.4 Å². The Hall–Kier alpha value is -0.740. The highest BCUT2D eigenvalue weighted by atomic mass is 32.1. The predicted molar refractivity (Wildman–Crippen MR) is 42.9 cm³/mol. The molecule has 0 aliphatic heterocycles. The van der Waals surface area contributed by atoms with Gasteiger partial charge in [0.2, 0.25) is 0 Å². The van der Waals surface area contributed by atoms with Gasteiger partial charge in [0.25, 0.3) is 0 Å². The fourth-order valence-corrected chi connectivity index (χ4v) is 1.51. The third-order valence-electron chi connectivity index (χ3n) is 1.24. The van der Waals surface area contributed by atoms with Gasteiger partial charge in [0.05, 0.1) is 5.01 Å². The van der Waals surface area contributed by atoms with E-state index in [0.29, 0.717) is 12.1 Å². The average molecular weight is 171 g/mol. The Kier molecular flexibility index (Phi) is 3.19. The topological polar surface area (TPSA) is 50.2 Å². The minimum Gasteiger partial charge on any atom is -0.396 e. The van der Waals surface area contributed by atoms with E-state index in [4.69, 9.17) is 5.11 Å². The fourth-order valence-electron chi connectivity index (χ4n) is 0.724. The molecule has 0 saturated carbocycles. The zero-order chi connectivity index (χ0) is 8.10. The first-order valence-electron chi connectivity index (χ1n) is 3.37. The molecular weight excluding hydrogens is 162 g/mol. The third kappa shape index (κ3) is 2.40. The van der Waals surface area contributed by atoms with Gasteiger partial charge in [0.15, 0.2) is 6.29 Å². The molecule has 3 nitrogen and oxygen atoms in total. The van der Waals surface area contributed by atoms with Crippen molar-refractivity contribution < 1.29 is 9.90 Å². The van der Waals surface area contributed by atoms with Crippen LogP contribution in [0.4, 0.5) is 0 Å². The van der Waals surface area contributed by atoms with Gasteiger partial charge >= 0.3 is 0 Å². The summed E-state index contributed by atoms with van der Waals surface area (Å²) in [6, 6.07) is 0. The number of aliphatic hydroxyl groups excluding tert-OH is 1. The number of hydrogen-bond donors (Lipinski definition) is 1. The van der Waals surface area contributed by atoms with Crippen molar-refractivity contribution in [3.8, 4) is 0 Å². The molecule has 1 aromatic heterocycles. The Labute approximate surface area is 68.7 Å². The second-order valence-electron chi connectivity index (χ2n) is 2.11. The normalized spacial score (nSPS) is 9.91. The number of carbonyl (C=O) groups is 1. The number of aromatic nitrogens is 1. The maximum Gasteiger partial charge on any atom is 0.169 e. The molecule has 60 valence electrons. The van der Waals surface area contributed by atoms with Crippen molar-refractivity contribution >= 4 is 17.6 Å². The van der Waals surface area contributed by atoms with Crippen LogP contribution in [-0.4, -0.2) is 23.0 Å². The molecule has 1 N–H and O–H groups in total. The third-order valence-corrected chi connectivity index (χ3v) is 2.17. The van der Waals surface area contributed by atoms with Crippen LogP contribution in [0.5, 0.6) is 0 Å². The number of hydrogen-bond acceptors (Lipinski definition) is 4. The summed E-state index contributed by atoms with van der Waals surface area (Å²) < 4.78 is 0. The predicted octanol–water partition coefficient (Wildman–Crippen LogP) is 0.881. The summed E-state index contributed by atoms with van der Waals surface area (Å²) in [6.07, 6.45) is 2.21. The lowest BCUT2D eigenvalue weighted by Gasteiger charge is -1.89. The molecule has 0 radical (unpaired) electrons. The van der Waals surface area contributed by atoms with Crippen molar-refractivity contribution in [1.29, 1.82) is 0 Å². The molecule has 0 saturated heterocycles. The van der Waals surface area contributed by atoms with E-state index < -0.39 is 0 Å². The van der Waals surface area contributed by atoms with E-state index in [2.05, 4.69) is 4.98 Å². The average Bonchev–Trinajstić information content (AvgIpc) is 2.48. The molecule has 0 aromatic carbocycles. The van der Waals surface area contributed by atoms with E-state index >= 15 is 0 Å². The monoisotopic (exact) mass is 171 g/mol. The number of aryl methyl sites for hydroxylation is 1. The first-order valence-corrected chi connectivity index (χ1v) is 4.25. The zero-order valence-electron chi connectivity index (χ0n) is 5.99. The van der Waals surface area contributed by atoms with Gasteiger partial charge in [-0.1, -0.05) is 0 Å². The second kappa shape index (κ2) is 4.20. The lowest BCUT2D eigenvalue weighted by atomic mass is 10.3. The lowest BCUT2D eigenvalue weighted by molar-refractivity contribution is 0.111. The molecule has 0 fully saturated rings. The van der Waals surface area contributed by atoms with E-state index in [-0.39, 0.29) is 6.61 Å². The fraction of sp³-hybridized carbons (Fsp3) is 0.429. The first kappa shape index (κ1) is 8.36. The van der Waals surface area contributed by atoms with Crippen LogP contribution in [0.1, 0.15) is 21.9 Å². The molecule has 0 bridgehead atoms. The highest BCUT2D eigenvalue weighted by Crippen LogP contribution is 2.09. The van der Waals surface area contributed by atoms with Crippen LogP contribution in [0, 0.1) is 0 Å². The van der Waals surface area contributed by atoms with Crippen LogP contribution in [0.25, 0.3) is 0 Å².